The Bertz CT molecular complexity index is 515. The van der Waals surface area contributed by atoms with E-state index < -0.39 is 0 Å². The van der Waals surface area contributed by atoms with Crippen molar-refractivity contribution in [3.05, 3.63) is 21.9 Å². The van der Waals surface area contributed by atoms with Crippen LogP contribution in [0.25, 0.3) is 0 Å². The summed E-state index contributed by atoms with van der Waals surface area (Å²) in [5.41, 5.74) is 0. The maximum Gasteiger partial charge on any atom is 0.263 e. The van der Waals surface area contributed by atoms with Crippen LogP contribution in [-0.4, -0.2) is 49.3 Å². The van der Waals surface area contributed by atoms with E-state index in [4.69, 9.17) is 9.84 Å². The molecule has 0 aliphatic carbocycles. The second-order valence-electron chi connectivity index (χ2n) is 4.80. The van der Waals surface area contributed by atoms with Crippen LogP contribution in [0.2, 0.25) is 0 Å². The van der Waals surface area contributed by atoms with Gasteiger partial charge in [0.05, 0.1) is 23.0 Å². The van der Waals surface area contributed by atoms with Crippen molar-refractivity contribution in [1.29, 1.82) is 0 Å². The van der Waals surface area contributed by atoms with Crippen LogP contribution in [0, 0.1) is 17.8 Å². The average Bonchev–Trinajstić information content (AvgIpc) is 3.08. The van der Waals surface area contributed by atoms with Crippen molar-refractivity contribution < 1.29 is 14.6 Å². The number of aliphatic hydroxyl groups is 1. The van der Waals surface area contributed by atoms with Crippen molar-refractivity contribution in [3.63, 3.8) is 0 Å². The number of ether oxygens (including phenoxy) is 1. The van der Waals surface area contributed by atoms with E-state index in [1.54, 1.807) is 7.11 Å². The predicted octanol–water partition coefficient (Wildman–Crippen LogP) is 1.59. The van der Waals surface area contributed by atoms with Crippen molar-refractivity contribution in [2.24, 2.45) is 5.92 Å². The van der Waals surface area contributed by atoms with E-state index in [2.05, 4.69) is 11.8 Å². The Balaban J connectivity index is 1.95. The third kappa shape index (κ3) is 3.83. The number of rotatable bonds is 4. The summed E-state index contributed by atoms with van der Waals surface area (Å²) in [6.07, 6.45) is 1.47. The molecular weight excluding hydrogens is 274 g/mol. The van der Waals surface area contributed by atoms with Gasteiger partial charge in [-0.25, -0.2) is 0 Å². The number of aliphatic hydroxyl groups excluding tert-OH is 1. The van der Waals surface area contributed by atoms with Crippen molar-refractivity contribution in [1.82, 2.24) is 4.90 Å². The molecule has 108 valence electrons. The van der Waals surface area contributed by atoms with Crippen molar-refractivity contribution in [2.75, 3.05) is 33.4 Å². The maximum atomic E-state index is 12.3. The van der Waals surface area contributed by atoms with Crippen LogP contribution in [0.3, 0.4) is 0 Å². The molecule has 2 rings (SSSR count). The largest absolute Gasteiger partial charge is 0.395 e. The molecule has 1 saturated heterocycles. The molecule has 0 saturated carbocycles. The Hall–Kier alpha value is -1.35. The molecular formula is C15H19NO3S. The first kappa shape index (κ1) is 15.0. The van der Waals surface area contributed by atoms with Crippen LogP contribution >= 0.6 is 11.3 Å². The number of likely N-dealkylation sites (tertiary alicyclic amines) is 1. The summed E-state index contributed by atoms with van der Waals surface area (Å²) in [7, 11) is 1.70. The minimum Gasteiger partial charge on any atom is -0.395 e. The molecule has 5 heteroatoms. The number of hydrogen-bond donors (Lipinski definition) is 1. The molecule has 1 aromatic heterocycles. The first-order chi connectivity index (χ1) is 9.74. The summed E-state index contributed by atoms with van der Waals surface area (Å²) < 4.78 is 5.14. The summed E-state index contributed by atoms with van der Waals surface area (Å²) in [6.45, 7) is 2.36. The standard InChI is InChI=1S/C15H19NO3S/c1-19-11-12-7-8-16(10-12)15(18)14-6-5-13(20-14)4-2-3-9-17/h5-6,12,17H,3,7-11H2,1H3. The molecule has 2 heterocycles. The van der Waals surface area contributed by atoms with Crippen LogP contribution in [0.1, 0.15) is 27.4 Å². The Kier molecular flexibility index (Phi) is 5.60. The van der Waals surface area contributed by atoms with Gasteiger partial charge in [0.15, 0.2) is 0 Å². The van der Waals surface area contributed by atoms with Gasteiger partial charge in [0.2, 0.25) is 0 Å². The fourth-order valence-corrected chi connectivity index (χ4v) is 3.12. The van der Waals surface area contributed by atoms with Crippen LogP contribution < -0.4 is 0 Å². The number of carbonyl (C=O) groups is 1. The van der Waals surface area contributed by atoms with E-state index in [9.17, 15) is 4.79 Å². The molecule has 20 heavy (non-hydrogen) atoms. The van der Waals surface area contributed by atoms with Gasteiger partial charge >= 0.3 is 0 Å². The first-order valence-corrected chi connectivity index (χ1v) is 7.54. The van der Waals surface area contributed by atoms with E-state index in [-0.39, 0.29) is 12.5 Å². The van der Waals surface area contributed by atoms with Gasteiger partial charge in [-0.3, -0.25) is 4.79 Å². The molecule has 0 radical (unpaired) electrons. The van der Waals surface area contributed by atoms with E-state index >= 15 is 0 Å². The third-order valence-corrected chi connectivity index (χ3v) is 4.23. The second kappa shape index (κ2) is 7.44. The Labute approximate surface area is 123 Å². The lowest BCUT2D eigenvalue weighted by Gasteiger charge is -2.15. The van der Waals surface area contributed by atoms with Gasteiger partial charge in [-0.2, -0.15) is 0 Å². The highest BCUT2D eigenvalue weighted by atomic mass is 32.1. The number of carbonyl (C=O) groups excluding carboxylic acids is 1. The van der Waals surface area contributed by atoms with Crippen LogP contribution in [0.5, 0.6) is 0 Å². The van der Waals surface area contributed by atoms with Gasteiger partial charge in [0.25, 0.3) is 5.91 Å². The lowest BCUT2D eigenvalue weighted by molar-refractivity contribution is 0.0780. The molecule has 1 aliphatic rings. The predicted molar refractivity (Wildman–Crippen MR) is 78.8 cm³/mol. The summed E-state index contributed by atoms with van der Waals surface area (Å²) in [4.78, 5) is 15.8. The molecule has 1 N–H and O–H groups in total. The van der Waals surface area contributed by atoms with E-state index in [0.29, 0.717) is 18.9 Å². The highest BCUT2D eigenvalue weighted by molar-refractivity contribution is 7.14. The minimum atomic E-state index is 0.0683. The fourth-order valence-electron chi connectivity index (χ4n) is 2.27. The molecule has 1 aromatic rings. The zero-order chi connectivity index (χ0) is 14.4. The van der Waals surface area contributed by atoms with Crippen LogP contribution in [0.15, 0.2) is 12.1 Å². The number of amides is 1. The van der Waals surface area contributed by atoms with Gasteiger partial charge in [0.1, 0.15) is 0 Å². The highest BCUT2D eigenvalue weighted by Gasteiger charge is 2.27. The molecule has 1 aliphatic heterocycles. The average molecular weight is 293 g/mol. The molecule has 1 fully saturated rings. The molecule has 1 unspecified atom stereocenters. The van der Waals surface area contributed by atoms with Crippen molar-refractivity contribution in [3.8, 4) is 11.8 Å². The topological polar surface area (TPSA) is 49.8 Å². The van der Waals surface area contributed by atoms with E-state index in [0.717, 1.165) is 29.3 Å². The Morgan fingerprint density at radius 1 is 1.60 bits per heavy atom. The zero-order valence-electron chi connectivity index (χ0n) is 11.6. The summed E-state index contributed by atoms with van der Waals surface area (Å²) in [5, 5.41) is 8.68. The fraction of sp³-hybridized carbons (Fsp3) is 0.533. The normalized spacial score (nSPS) is 17.9. The number of hydrogen-bond acceptors (Lipinski definition) is 4. The van der Waals surface area contributed by atoms with Crippen LogP contribution in [-0.2, 0) is 4.74 Å². The molecule has 0 spiro atoms. The molecule has 1 atom stereocenters. The van der Waals surface area contributed by atoms with E-state index in [1.807, 2.05) is 17.0 Å². The van der Waals surface area contributed by atoms with Gasteiger partial charge in [-0.1, -0.05) is 11.8 Å². The van der Waals surface area contributed by atoms with Crippen LogP contribution in [0.4, 0.5) is 0 Å². The quantitative estimate of drug-likeness (QED) is 0.858. The summed E-state index contributed by atoms with van der Waals surface area (Å²) in [6, 6.07) is 3.70. The summed E-state index contributed by atoms with van der Waals surface area (Å²) >= 11 is 1.42. The van der Waals surface area contributed by atoms with Crippen molar-refractivity contribution >= 4 is 17.2 Å². The number of nitrogens with zero attached hydrogens (tertiary/aromatic N) is 1. The second-order valence-corrected chi connectivity index (χ2v) is 5.88. The maximum absolute atomic E-state index is 12.3. The zero-order valence-corrected chi connectivity index (χ0v) is 12.4. The molecule has 1 amide bonds. The van der Waals surface area contributed by atoms with Crippen molar-refractivity contribution in [2.45, 2.75) is 12.8 Å². The summed E-state index contributed by atoms with van der Waals surface area (Å²) in [5.74, 6) is 6.36. The third-order valence-electron chi connectivity index (χ3n) is 3.24. The van der Waals surface area contributed by atoms with Gasteiger partial charge < -0.3 is 14.7 Å². The van der Waals surface area contributed by atoms with Gasteiger partial charge in [-0.15, -0.1) is 11.3 Å². The Morgan fingerprint density at radius 3 is 3.20 bits per heavy atom. The van der Waals surface area contributed by atoms with Gasteiger partial charge in [-0.05, 0) is 18.6 Å². The first-order valence-electron chi connectivity index (χ1n) is 6.72. The number of methoxy groups -OCH3 is 1. The van der Waals surface area contributed by atoms with Gasteiger partial charge in [0, 0.05) is 32.5 Å². The monoisotopic (exact) mass is 293 g/mol. The Morgan fingerprint density at radius 2 is 2.45 bits per heavy atom. The van der Waals surface area contributed by atoms with E-state index in [1.165, 1.54) is 11.3 Å². The smallest absolute Gasteiger partial charge is 0.263 e. The number of thiophene rings is 1. The lowest BCUT2D eigenvalue weighted by Crippen LogP contribution is -2.28. The molecule has 0 bridgehead atoms. The molecule has 0 aromatic carbocycles. The lowest BCUT2D eigenvalue weighted by atomic mass is 10.1. The minimum absolute atomic E-state index is 0.0683. The SMILES string of the molecule is COCC1CCN(C(=O)c2ccc(C#CCCO)s2)C1. The highest BCUT2D eigenvalue weighted by Crippen LogP contribution is 2.22. The molecule has 4 nitrogen and oxygen atoms in total.